The number of amides is 2. The molecule has 5 nitrogen and oxygen atoms in total. The summed E-state index contributed by atoms with van der Waals surface area (Å²) in [5.74, 6) is -0.277. The first-order chi connectivity index (χ1) is 12.0. The van der Waals surface area contributed by atoms with Gasteiger partial charge in [0.15, 0.2) is 0 Å². The van der Waals surface area contributed by atoms with Crippen molar-refractivity contribution in [1.82, 2.24) is 5.32 Å². The number of carbonyl (C=O) groups excluding carboxylic acids is 2. The first-order valence-corrected chi connectivity index (χ1v) is 8.56. The van der Waals surface area contributed by atoms with Gasteiger partial charge in [-0.05, 0) is 55.8 Å². The van der Waals surface area contributed by atoms with E-state index in [1.54, 1.807) is 48.5 Å². The summed E-state index contributed by atoms with van der Waals surface area (Å²) in [5, 5.41) is 9.26. The van der Waals surface area contributed by atoms with Crippen molar-refractivity contribution >= 4 is 34.8 Å². The molecule has 2 rings (SSSR count). The van der Waals surface area contributed by atoms with Crippen LogP contribution in [0.15, 0.2) is 48.5 Å². The highest BCUT2D eigenvalue weighted by molar-refractivity contribution is 6.30. The zero-order chi connectivity index (χ0) is 18.2. The molecule has 1 atom stereocenters. The van der Waals surface area contributed by atoms with E-state index in [2.05, 4.69) is 16.0 Å². The van der Waals surface area contributed by atoms with E-state index in [0.29, 0.717) is 16.3 Å². The van der Waals surface area contributed by atoms with E-state index < -0.39 is 0 Å². The molecule has 3 N–H and O–H groups in total. The molecule has 132 valence electrons. The van der Waals surface area contributed by atoms with Gasteiger partial charge < -0.3 is 16.0 Å². The number of nitrogens with one attached hydrogen (secondary N) is 3. The van der Waals surface area contributed by atoms with Crippen LogP contribution in [0.4, 0.5) is 11.4 Å². The van der Waals surface area contributed by atoms with Crippen molar-refractivity contribution in [3.8, 4) is 0 Å². The maximum absolute atomic E-state index is 12.0. The zero-order valence-electron chi connectivity index (χ0n) is 14.3. The van der Waals surface area contributed by atoms with Gasteiger partial charge in [-0.15, -0.1) is 0 Å². The summed E-state index contributed by atoms with van der Waals surface area (Å²) < 4.78 is 0. The second-order valence-electron chi connectivity index (χ2n) is 5.77. The lowest BCUT2D eigenvalue weighted by Crippen LogP contribution is -2.31. The van der Waals surface area contributed by atoms with Gasteiger partial charge in [-0.25, -0.2) is 0 Å². The van der Waals surface area contributed by atoms with Gasteiger partial charge in [0, 0.05) is 28.0 Å². The number of benzene rings is 2. The van der Waals surface area contributed by atoms with Gasteiger partial charge in [0.05, 0.1) is 6.54 Å². The lowest BCUT2D eigenvalue weighted by molar-refractivity contribution is -0.114. The van der Waals surface area contributed by atoms with Crippen LogP contribution in [0.1, 0.15) is 30.6 Å². The van der Waals surface area contributed by atoms with Crippen molar-refractivity contribution in [2.24, 2.45) is 0 Å². The average Bonchev–Trinajstić information content (AvgIpc) is 2.60. The molecule has 2 aromatic carbocycles. The van der Waals surface area contributed by atoms with Crippen molar-refractivity contribution in [2.75, 3.05) is 17.2 Å². The SMILES string of the molecule is CCC(C)NC(=O)c1ccc(NCC(=O)Nc2cccc(Cl)c2)cc1. The van der Waals surface area contributed by atoms with Crippen LogP contribution in [0, 0.1) is 0 Å². The Kier molecular flexibility index (Phi) is 6.83. The van der Waals surface area contributed by atoms with E-state index in [-0.39, 0.29) is 24.4 Å². The molecule has 1 unspecified atom stereocenters. The molecule has 0 saturated carbocycles. The fourth-order valence-electron chi connectivity index (χ4n) is 2.10. The molecule has 25 heavy (non-hydrogen) atoms. The molecule has 0 saturated heterocycles. The Bertz CT molecular complexity index is 732. The van der Waals surface area contributed by atoms with Gasteiger partial charge in [0.25, 0.3) is 5.91 Å². The number of carbonyl (C=O) groups is 2. The van der Waals surface area contributed by atoms with Gasteiger partial charge in [-0.3, -0.25) is 9.59 Å². The molecular formula is C19H22ClN3O2. The Morgan fingerprint density at radius 1 is 1.08 bits per heavy atom. The lowest BCUT2D eigenvalue weighted by atomic mass is 10.1. The maximum atomic E-state index is 12.0. The van der Waals surface area contributed by atoms with Crippen LogP contribution in [0.25, 0.3) is 0 Å². The van der Waals surface area contributed by atoms with E-state index in [9.17, 15) is 9.59 Å². The number of hydrogen-bond acceptors (Lipinski definition) is 3. The standard InChI is InChI=1S/C19H22ClN3O2/c1-3-13(2)22-19(25)14-7-9-16(10-8-14)21-12-18(24)23-17-6-4-5-15(20)11-17/h4-11,13,21H,3,12H2,1-2H3,(H,22,25)(H,23,24). The molecule has 0 heterocycles. The van der Waals surface area contributed by atoms with Crippen molar-refractivity contribution in [1.29, 1.82) is 0 Å². The Morgan fingerprint density at radius 2 is 1.80 bits per heavy atom. The van der Waals surface area contributed by atoms with E-state index >= 15 is 0 Å². The minimum absolute atomic E-state index is 0.0976. The molecule has 2 amide bonds. The smallest absolute Gasteiger partial charge is 0.251 e. The molecule has 0 bridgehead atoms. The summed E-state index contributed by atoms with van der Waals surface area (Å²) >= 11 is 5.88. The molecule has 0 aliphatic rings. The molecular weight excluding hydrogens is 338 g/mol. The topological polar surface area (TPSA) is 70.2 Å². The molecule has 6 heteroatoms. The second kappa shape index (κ2) is 9.08. The average molecular weight is 360 g/mol. The van der Waals surface area contributed by atoms with Crippen LogP contribution in [0.2, 0.25) is 5.02 Å². The largest absolute Gasteiger partial charge is 0.376 e. The van der Waals surface area contributed by atoms with E-state index in [1.807, 2.05) is 13.8 Å². The highest BCUT2D eigenvalue weighted by Crippen LogP contribution is 2.15. The minimum atomic E-state index is -0.180. The minimum Gasteiger partial charge on any atom is -0.376 e. The van der Waals surface area contributed by atoms with Crippen LogP contribution < -0.4 is 16.0 Å². The monoisotopic (exact) mass is 359 g/mol. The highest BCUT2D eigenvalue weighted by atomic mass is 35.5. The first-order valence-electron chi connectivity index (χ1n) is 8.18. The number of halogens is 1. The Balaban J connectivity index is 1.84. The normalized spacial score (nSPS) is 11.5. The van der Waals surface area contributed by atoms with Crippen LogP contribution in [-0.4, -0.2) is 24.4 Å². The summed E-state index contributed by atoms with van der Waals surface area (Å²) in [6.07, 6.45) is 0.882. The Hall–Kier alpha value is -2.53. The fourth-order valence-corrected chi connectivity index (χ4v) is 2.29. The number of anilines is 2. The van der Waals surface area contributed by atoms with Crippen molar-refractivity contribution < 1.29 is 9.59 Å². The summed E-state index contributed by atoms with van der Waals surface area (Å²) in [6.45, 7) is 4.10. The Morgan fingerprint density at radius 3 is 2.44 bits per heavy atom. The van der Waals surface area contributed by atoms with Crippen molar-refractivity contribution in [3.63, 3.8) is 0 Å². The summed E-state index contributed by atoms with van der Waals surface area (Å²) in [6, 6.07) is 14.1. The third kappa shape index (κ3) is 6.12. The Labute approximate surface area is 152 Å². The summed E-state index contributed by atoms with van der Waals surface area (Å²) in [5.41, 5.74) is 2.01. The number of rotatable bonds is 7. The van der Waals surface area contributed by atoms with Crippen LogP contribution >= 0.6 is 11.6 Å². The van der Waals surface area contributed by atoms with Gasteiger partial charge in [0.1, 0.15) is 0 Å². The third-order valence-corrected chi connectivity index (χ3v) is 3.93. The second-order valence-corrected chi connectivity index (χ2v) is 6.21. The van der Waals surface area contributed by atoms with E-state index in [4.69, 9.17) is 11.6 Å². The molecule has 0 aliphatic heterocycles. The quantitative estimate of drug-likeness (QED) is 0.701. The zero-order valence-corrected chi connectivity index (χ0v) is 15.1. The fraction of sp³-hybridized carbons (Fsp3) is 0.263. The predicted octanol–water partition coefficient (Wildman–Crippen LogP) is 3.92. The number of hydrogen-bond donors (Lipinski definition) is 3. The van der Waals surface area contributed by atoms with Crippen LogP contribution in [-0.2, 0) is 4.79 Å². The summed E-state index contributed by atoms with van der Waals surface area (Å²) in [4.78, 5) is 24.0. The van der Waals surface area contributed by atoms with Crippen molar-refractivity contribution in [3.05, 3.63) is 59.1 Å². The molecule has 0 spiro atoms. The highest BCUT2D eigenvalue weighted by Gasteiger charge is 2.08. The molecule has 0 aliphatic carbocycles. The van der Waals surface area contributed by atoms with Crippen LogP contribution in [0.3, 0.4) is 0 Å². The van der Waals surface area contributed by atoms with Gasteiger partial charge in [0.2, 0.25) is 5.91 Å². The molecule has 0 radical (unpaired) electrons. The first kappa shape index (κ1) is 18.8. The lowest BCUT2D eigenvalue weighted by Gasteiger charge is -2.12. The van der Waals surface area contributed by atoms with E-state index in [0.717, 1.165) is 12.1 Å². The molecule has 0 fully saturated rings. The van der Waals surface area contributed by atoms with Crippen LogP contribution in [0.5, 0.6) is 0 Å². The van der Waals surface area contributed by atoms with Crippen molar-refractivity contribution in [2.45, 2.75) is 26.3 Å². The van der Waals surface area contributed by atoms with Gasteiger partial charge in [-0.1, -0.05) is 24.6 Å². The van der Waals surface area contributed by atoms with E-state index in [1.165, 1.54) is 0 Å². The van der Waals surface area contributed by atoms with Gasteiger partial charge >= 0.3 is 0 Å². The molecule has 0 aromatic heterocycles. The summed E-state index contributed by atoms with van der Waals surface area (Å²) in [7, 11) is 0. The third-order valence-electron chi connectivity index (χ3n) is 3.70. The van der Waals surface area contributed by atoms with Gasteiger partial charge in [-0.2, -0.15) is 0 Å². The maximum Gasteiger partial charge on any atom is 0.251 e. The predicted molar refractivity (Wildman–Crippen MR) is 102 cm³/mol. The molecule has 2 aromatic rings.